The molecule has 1 heterocycles. The van der Waals surface area contributed by atoms with Crippen LogP contribution in [0.3, 0.4) is 0 Å². The molecule has 7 nitrogen and oxygen atoms in total. The summed E-state index contributed by atoms with van der Waals surface area (Å²) in [5.74, 6) is -0.683. The van der Waals surface area contributed by atoms with Crippen LogP contribution in [0.25, 0.3) is 5.69 Å². The third-order valence-electron chi connectivity index (χ3n) is 3.25. The van der Waals surface area contributed by atoms with Gasteiger partial charge in [0.25, 0.3) is 10.0 Å². The van der Waals surface area contributed by atoms with E-state index in [4.69, 9.17) is 11.6 Å². The molecule has 24 heavy (non-hydrogen) atoms. The molecule has 0 aliphatic rings. The van der Waals surface area contributed by atoms with Crippen molar-refractivity contribution in [1.29, 1.82) is 0 Å². The van der Waals surface area contributed by atoms with Crippen molar-refractivity contribution >= 4 is 27.3 Å². The van der Waals surface area contributed by atoms with Crippen LogP contribution in [-0.4, -0.2) is 28.6 Å². The van der Waals surface area contributed by atoms with Crippen LogP contribution in [0.15, 0.2) is 47.6 Å². The third-order valence-corrected chi connectivity index (χ3v) is 4.91. The van der Waals surface area contributed by atoms with E-state index in [9.17, 15) is 12.8 Å². The number of aromatic nitrogens is 4. The average Bonchev–Trinajstić information content (AvgIpc) is 3.03. The molecule has 0 aliphatic heterocycles. The Hall–Kier alpha value is -2.52. The molecule has 3 aromatic rings. The second kappa shape index (κ2) is 6.17. The Kier molecular flexibility index (Phi) is 4.20. The smallest absolute Gasteiger partial charge is 0.261 e. The van der Waals surface area contributed by atoms with E-state index in [0.717, 1.165) is 23.8 Å². The van der Waals surface area contributed by atoms with Gasteiger partial charge in [-0.05, 0) is 59.3 Å². The van der Waals surface area contributed by atoms with E-state index >= 15 is 0 Å². The molecule has 2 aromatic carbocycles. The van der Waals surface area contributed by atoms with E-state index in [1.54, 1.807) is 25.1 Å². The summed E-state index contributed by atoms with van der Waals surface area (Å²) in [5, 5.41) is 10.6. The number of nitrogens with zero attached hydrogens (tertiary/aromatic N) is 4. The SMILES string of the molecule is Cc1cc(NS(=O)(=O)c2ccc(F)c(Cl)c2)ccc1-n1cnnn1. The number of tetrazole rings is 1. The predicted octanol–water partition coefficient (Wildman–Crippen LogP) is 2.56. The highest BCUT2D eigenvalue weighted by atomic mass is 35.5. The molecule has 0 aliphatic carbocycles. The van der Waals surface area contributed by atoms with E-state index in [2.05, 4.69) is 20.2 Å². The summed E-state index contributed by atoms with van der Waals surface area (Å²) in [5.41, 5.74) is 1.83. The molecule has 0 fully saturated rings. The highest BCUT2D eigenvalue weighted by Crippen LogP contribution is 2.23. The van der Waals surface area contributed by atoms with E-state index in [1.165, 1.54) is 11.0 Å². The molecule has 3 rings (SSSR count). The Morgan fingerprint density at radius 3 is 2.62 bits per heavy atom. The second-order valence-corrected chi connectivity index (χ2v) is 7.03. The molecule has 1 N–H and O–H groups in total. The number of hydrogen-bond acceptors (Lipinski definition) is 5. The molecule has 124 valence electrons. The van der Waals surface area contributed by atoms with Crippen LogP contribution in [0.4, 0.5) is 10.1 Å². The molecule has 1 aromatic heterocycles. The maximum Gasteiger partial charge on any atom is 0.261 e. The van der Waals surface area contributed by atoms with Crippen LogP contribution in [-0.2, 0) is 10.0 Å². The van der Waals surface area contributed by atoms with Gasteiger partial charge in [-0.15, -0.1) is 5.10 Å². The topological polar surface area (TPSA) is 89.8 Å². The number of aryl methyl sites for hydroxylation is 1. The first kappa shape index (κ1) is 16.3. The molecule has 0 amide bonds. The Labute approximate surface area is 142 Å². The van der Waals surface area contributed by atoms with Gasteiger partial charge in [0, 0.05) is 5.69 Å². The van der Waals surface area contributed by atoms with Crippen molar-refractivity contribution in [2.75, 3.05) is 4.72 Å². The van der Waals surface area contributed by atoms with Crippen molar-refractivity contribution in [3.05, 3.63) is 59.1 Å². The quantitative estimate of drug-likeness (QED) is 0.765. The molecule has 0 bridgehead atoms. The van der Waals surface area contributed by atoms with E-state index < -0.39 is 15.8 Å². The van der Waals surface area contributed by atoms with Crippen molar-refractivity contribution in [1.82, 2.24) is 20.2 Å². The maximum absolute atomic E-state index is 13.2. The van der Waals surface area contributed by atoms with E-state index in [-0.39, 0.29) is 9.92 Å². The molecule has 0 saturated carbocycles. The number of rotatable bonds is 4. The lowest BCUT2D eigenvalue weighted by molar-refractivity contribution is 0.599. The first-order valence-corrected chi connectivity index (χ1v) is 8.55. The average molecular weight is 368 g/mol. The zero-order valence-corrected chi connectivity index (χ0v) is 13.9. The highest BCUT2D eigenvalue weighted by Gasteiger charge is 2.16. The molecular formula is C14H11ClFN5O2S. The number of nitrogens with one attached hydrogen (secondary N) is 1. The van der Waals surface area contributed by atoms with Gasteiger partial charge >= 0.3 is 0 Å². The summed E-state index contributed by atoms with van der Waals surface area (Å²) in [4.78, 5) is -0.129. The van der Waals surface area contributed by atoms with Crippen molar-refractivity contribution in [2.45, 2.75) is 11.8 Å². The number of sulfonamides is 1. The summed E-state index contributed by atoms with van der Waals surface area (Å²) < 4.78 is 41.8. The largest absolute Gasteiger partial charge is 0.280 e. The normalized spacial score (nSPS) is 11.5. The summed E-state index contributed by atoms with van der Waals surface area (Å²) >= 11 is 5.64. The Bertz CT molecular complexity index is 992. The molecule has 0 unspecified atom stereocenters. The van der Waals surface area contributed by atoms with Gasteiger partial charge in [0.15, 0.2) is 0 Å². The Balaban J connectivity index is 1.90. The van der Waals surface area contributed by atoms with E-state index in [1.807, 2.05) is 0 Å². The number of hydrogen-bond donors (Lipinski definition) is 1. The lowest BCUT2D eigenvalue weighted by atomic mass is 10.2. The fourth-order valence-corrected chi connectivity index (χ4v) is 3.43. The first-order valence-electron chi connectivity index (χ1n) is 6.69. The fourth-order valence-electron chi connectivity index (χ4n) is 2.11. The number of benzene rings is 2. The Morgan fingerprint density at radius 1 is 1.21 bits per heavy atom. The number of halogens is 2. The van der Waals surface area contributed by atoms with Gasteiger partial charge in [-0.2, -0.15) is 0 Å². The lowest BCUT2D eigenvalue weighted by Gasteiger charge is -2.11. The number of anilines is 1. The summed E-state index contributed by atoms with van der Waals surface area (Å²) in [6.45, 7) is 1.80. The zero-order chi connectivity index (χ0) is 17.3. The van der Waals surface area contributed by atoms with Gasteiger partial charge in [0.05, 0.1) is 15.6 Å². The van der Waals surface area contributed by atoms with Crippen LogP contribution >= 0.6 is 11.6 Å². The van der Waals surface area contributed by atoms with Gasteiger partial charge < -0.3 is 0 Å². The van der Waals surface area contributed by atoms with Crippen molar-refractivity contribution < 1.29 is 12.8 Å². The summed E-state index contributed by atoms with van der Waals surface area (Å²) in [7, 11) is -3.88. The minimum Gasteiger partial charge on any atom is -0.280 e. The third kappa shape index (κ3) is 3.22. The molecule has 0 saturated heterocycles. The van der Waals surface area contributed by atoms with Crippen LogP contribution in [0.1, 0.15) is 5.56 Å². The van der Waals surface area contributed by atoms with Crippen LogP contribution < -0.4 is 4.72 Å². The fraction of sp³-hybridized carbons (Fsp3) is 0.0714. The lowest BCUT2D eigenvalue weighted by Crippen LogP contribution is -2.13. The van der Waals surface area contributed by atoms with E-state index in [0.29, 0.717) is 11.4 Å². The van der Waals surface area contributed by atoms with Crippen molar-refractivity contribution in [3.63, 3.8) is 0 Å². The van der Waals surface area contributed by atoms with Crippen molar-refractivity contribution in [2.24, 2.45) is 0 Å². The molecule has 10 heteroatoms. The Morgan fingerprint density at radius 2 is 2.00 bits per heavy atom. The predicted molar refractivity (Wildman–Crippen MR) is 86.1 cm³/mol. The first-order chi connectivity index (χ1) is 11.4. The maximum atomic E-state index is 13.2. The summed E-state index contributed by atoms with van der Waals surface area (Å²) in [6, 6.07) is 8.10. The second-order valence-electron chi connectivity index (χ2n) is 4.94. The van der Waals surface area contributed by atoms with Gasteiger partial charge in [0.2, 0.25) is 0 Å². The van der Waals surface area contributed by atoms with Gasteiger partial charge in [0.1, 0.15) is 12.1 Å². The molecule has 0 atom stereocenters. The van der Waals surface area contributed by atoms with Crippen LogP contribution in [0.2, 0.25) is 5.02 Å². The summed E-state index contributed by atoms with van der Waals surface area (Å²) in [6.07, 6.45) is 1.44. The molecule has 0 spiro atoms. The van der Waals surface area contributed by atoms with Gasteiger partial charge in [-0.3, -0.25) is 4.72 Å². The minimum atomic E-state index is -3.88. The zero-order valence-electron chi connectivity index (χ0n) is 12.3. The standard InChI is InChI=1S/C14H11ClFN5O2S/c1-9-6-10(2-5-14(9)21-8-17-19-20-21)18-24(22,23)11-3-4-13(16)12(15)7-11/h2-8,18H,1H3. The van der Waals surface area contributed by atoms with Crippen molar-refractivity contribution in [3.8, 4) is 5.69 Å². The van der Waals surface area contributed by atoms with Crippen LogP contribution in [0, 0.1) is 12.7 Å². The van der Waals surface area contributed by atoms with Crippen LogP contribution in [0.5, 0.6) is 0 Å². The molecule has 0 radical (unpaired) electrons. The van der Waals surface area contributed by atoms with Gasteiger partial charge in [-0.1, -0.05) is 11.6 Å². The monoisotopic (exact) mass is 367 g/mol. The molecular weight excluding hydrogens is 357 g/mol. The minimum absolute atomic E-state index is 0.129. The van der Waals surface area contributed by atoms with Gasteiger partial charge in [-0.25, -0.2) is 17.5 Å². The highest BCUT2D eigenvalue weighted by molar-refractivity contribution is 7.92.